The van der Waals surface area contributed by atoms with Gasteiger partial charge in [0.25, 0.3) is 0 Å². The highest BCUT2D eigenvalue weighted by Gasteiger charge is 2.21. The summed E-state index contributed by atoms with van der Waals surface area (Å²) < 4.78 is 7.07. The maximum Gasteiger partial charge on any atom is 0.343 e. The van der Waals surface area contributed by atoms with Crippen LogP contribution in [0.2, 0.25) is 0 Å². The van der Waals surface area contributed by atoms with Crippen LogP contribution in [0.15, 0.2) is 28.0 Å². The smallest absolute Gasteiger partial charge is 0.343 e. The maximum absolute atomic E-state index is 12.7. The lowest BCUT2D eigenvalue weighted by molar-refractivity contribution is -0.115. The van der Waals surface area contributed by atoms with Gasteiger partial charge in [0.15, 0.2) is 5.78 Å². The lowest BCUT2D eigenvalue weighted by atomic mass is 9.98. The van der Waals surface area contributed by atoms with Crippen molar-refractivity contribution in [2.75, 3.05) is 0 Å². The van der Waals surface area contributed by atoms with Crippen molar-refractivity contribution in [3.8, 4) is 0 Å². The molecule has 3 rings (SSSR count). The highest BCUT2D eigenvalue weighted by molar-refractivity contribution is 7.98. The Morgan fingerprint density at radius 2 is 2.11 bits per heavy atom. The number of thiol groups is 1. The molecule has 0 N–H and O–H groups in total. The number of thioether (sulfide) groups is 1. The van der Waals surface area contributed by atoms with Crippen molar-refractivity contribution in [2.24, 2.45) is 7.05 Å². The molecule has 1 heterocycles. The van der Waals surface area contributed by atoms with E-state index in [0.29, 0.717) is 46.4 Å². The number of ether oxygens (including phenoxy) is 1. The summed E-state index contributed by atoms with van der Waals surface area (Å²) in [4.78, 5) is 24.9. The number of hydrogen-bond acceptors (Lipinski definition) is 8. The van der Waals surface area contributed by atoms with Gasteiger partial charge in [-0.3, -0.25) is 4.79 Å². The Balaban J connectivity index is 1.85. The molecule has 0 atom stereocenters. The third kappa shape index (κ3) is 4.41. The van der Waals surface area contributed by atoms with Gasteiger partial charge in [0.1, 0.15) is 5.76 Å². The van der Waals surface area contributed by atoms with Crippen molar-refractivity contribution in [3.63, 3.8) is 0 Å². The third-order valence-corrected chi connectivity index (χ3v) is 6.02. The van der Waals surface area contributed by atoms with E-state index in [9.17, 15) is 9.59 Å². The van der Waals surface area contributed by atoms with Crippen LogP contribution in [0.3, 0.4) is 0 Å². The fourth-order valence-corrected chi connectivity index (χ4v) is 4.16. The molecule has 0 radical (unpaired) electrons. The zero-order valence-electron chi connectivity index (χ0n) is 15.4. The molecule has 0 saturated carbocycles. The van der Waals surface area contributed by atoms with Crippen LogP contribution in [0.5, 0.6) is 0 Å². The van der Waals surface area contributed by atoms with Gasteiger partial charge in [-0.2, -0.15) is 0 Å². The van der Waals surface area contributed by atoms with Crippen LogP contribution in [0.1, 0.15) is 46.3 Å². The average Bonchev–Trinajstić information content (AvgIpc) is 3.03. The molecule has 142 valence electrons. The number of tetrazole rings is 1. The number of aryl methyl sites for hydroxylation is 1. The molecule has 1 aliphatic carbocycles. The van der Waals surface area contributed by atoms with Gasteiger partial charge in [-0.15, -0.1) is 17.7 Å². The normalized spacial score (nSPS) is 14.2. The summed E-state index contributed by atoms with van der Waals surface area (Å²) >= 11 is 6.00. The number of ketones is 1. The van der Waals surface area contributed by atoms with Crippen molar-refractivity contribution in [2.45, 2.75) is 48.9 Å². The number of hydrogen-bond donors (Lipinski definition) is 1. The van der Waals surface area contributed by atoms with E-state index in [1.807, 2.05) is 13.8 Å². The first-order valence-electron chi connectivity index (χ1n) is 8.49. The van der Waals surface area contributed by atoms with E-state index in [2.05, 4.69) is 28.2 Å². The molecule has 0 bridgehead atoms. The van der Waals surface area contributed by atoms with E-state index in [1.165, 1.54) is 17.8 Å². The van der Waals surface area contributed by atoms with E-state index < -0.39 is 5.97 Å². The van der Waals surface area contributed by atoms with E-state index in [4.69, 9.17) is 4.74 Å². The third-order valence-electron chi connectivity index (χ3n) is 4.51. The van der Waals surface area contributed by atoms with Crippen molar-refractivity contribution in [3.05, 3.63) is 40.2 Å². The highest BCUT2D eigenvalue weighted by Crippen LogP contribution is 2.31. The lowest BCUT2D eigenvalue weighted by Gasteiger charge is -2.17. The second kappa shape index (κ2) is 8.26. The molecule has 1 aliphatic rings. The van der Waals surface area contributed by atoms with Crippen LogP contribution in [-0.2, 0) is 22.3 Å². The number of carbonyl (C=O) groups is 2. The van der Waals surface area contributed by atoms with E-state index in [-0.39, 0.29) is 5.78 Å². The van der Waals surface area contributed by atoms with Crippen LogP contribution < -0.4 is 0 Å². The number of benzene rings is 1. The van der Waals surface area contributed by atoms with Gasteiger partial charge >= 0.3 is 5.97 Å². The maximum atomic E-state index is 12.7. The van der Waals surface area contributed by atoms with Crippen molar-refractivity contribution in [1.82, 2.24) is 20.2 Å². The molecule has 7 nitrogen and oxygen atoms in total. The quantitative estimate of drug-likeness (QED) is 0.465. The first kappa shape index (κ1) is 19.6. The molecular formula is C18H20N4O3S2. The molecule has 0 saturated heterocycles. The number of allylic oxidation sites excluding steroid dienone is 2. The van der Waals surface area contributed by atoms with E-state index >= 15 is 0 Å². The fourth-order valence-electron chi connectivity index (χ4n) is 2.88. The molecular weight excluding hydrogens is 384 g/mol. The monoisotopic (exact) mass is 404 g/mol. The summed E-state index contributed by atoms with van der Waals surface area (Å²) in [6, 6.07) is 1.72. The Morgan fingerprint density at radius 3 is 2.78 bits per heavy atom. The zero-order chi connectivity index (χ0) is 19.6. The standard InChI is InChI=1S/C18H20N4O3S2/c1-10-14(17(24)25-13-6-4-5-12(23)7-13)8-16(26)11(2)15(10)9-27-18-19-20-21-22(18)3/h7-8,26H,4-6,9H2,1-3H3. The summed E-state index contributed by atoms with van der Waals surface area (Å²) in [5.41, 5.74) is 3.29. The van der Waals surface area contributed by atoms with Gasteiger partial charge in [-0.05, 0) is 53.5 Å². The Hall–Kier alpha value is -2.13. The van der Waals surface area contributed by atoms with Crippen molar-refractivity contribution >= 4 is 36.1 Å². The van der Waals surface area contributed by atoms with Crippen LogP contribution >= 0.6 is 24.4 Å². The second-order valence-corrected chi connectivity index (χ2v) is 7.79. The largest absolute Gasteiger partial charge is 0.427 e. The molecule has 0 aliphatic heterocycles. The number of carbonyl (C=O) groups excluding carboxylic acids is 2. The predicted molar refractivity (Wildman–Crippen MR) is 104 cm³/mol. The van der Waals surface area contributed by atoms with Crippen molar-refractivity contribution < 1.29 is 14.3 Å². The Kier molecular flexibility index (Phi) is 6.01. The summed E-state index contributed by atoms with van der Waals surface area (Å²) in [6.45, 7) is 3.86. The molecule has 27 heavy (non-hydrogen) atoms. The fraction of sp³-hybridized carbons (Fsp3) is 0.389. The second-order valence-electron chi connectivity index (χ2n) is 6.37. The Morgan fingerprint density at radius 1 is 1.33 bits per heavy atom. The van der Waals surface area contributed by atoms with Gasteiger partial charge < -0.3 is 4.74 Å². The van der Waals surface area contributed by atoms with Gasteiger partial charge in [-0.25, -0.2) is 9.48 Å². The van der Waals surface area contributed by atoms with E-state index in [1.54, 1.807) is 17.8 Å². The van der Waals surface area contributed by atoms with Crippen LogP contribution in [-0.4, -0.2) is 32.0 Å². The average molecular weight is 405 g/mol. The molecule has 1 aromatic heterocycles. The minimum atomic E-state index is -0.463. The molecule has 0 unspecified atom stereocenters. The molecule has 1 aromatic carbocycles. The molecule has 0 spiro atoms. The van der Waals surface area contributed by atoms with Crippen LogP contribution in [0.4, 0.5) is 0 Å². The lowest BCUT2D eigenvalue weighted by Crippen LogP contribution is -2.13. The van der Waals surface area contributed by atoms with Gasteiger partial charge in [0.05, 0.1) is 5.56 Å². The number of esters is 1. The summed E-state index contributed by atoms with van der Waals surface area (Å²) in [5.74, 6) is 0.559. The molecule has 0 fully saturated rings. The topological polar surface area (TPSA) is 87.0 Å². The first-order valence-corrected chi connectivity index (χ1v) is 9.93. The molecule has 9 heteroatoms. The zero-order valence-corrected chi connectivity index (χ0v) is 17.1. The summed E-state index contributed by atoms with van der Waals surface area (Å²) in [5, 5.41) is 12.1. The molecule has 0 amide bonds. The van der Waals surface area contributed by atoms with Crippen molar-refractivity contribution in [1.29, 1.82) is 0 Å². The van der Waals surface area contributed by atoms with Gasteiger partial charge in [0.2, 0.25) is 5.16 Å². The Bertz CT molecular complexity index is 937. The number of rotatable bonds is 5. The van der Waals surface area contributed by atoms with Gasteiger partial charge in [0, 0.05) is 36.6 Å². The SMILES string of the molecule is Cc1c(S)cc(C(=O)OC2=CC(=O)CCC2)c(C)c1CSc1nnnn1C. The number of aromatic nitrogens is 4. The highest BCUT2D eigenvalue weighted by atomic mass is 32.2. The minimum absolute atomic E-state index is 0.00561. The van der Waals surface area contributed by atoms with Gasteiger partial charge in [-0.1, -0.05) is 11.8 Å². The minimum Gasteiger partial charge on any atom is -0.427 e. The number of nitrogens with zero attached hydrogens (tertiary/aromatic N) is 4. The van der Waals surface area contributed by atoms with E-state index in [0.717, 1.165) is 16.7 Å². The van der Waals surface area contributed by atoms with Crippen LogP contribution in [0, 0.1) is 13.8 Å². The summed E-state index contributed by atoms with van der Waals surface area (Å²) in [7, 11) is 1.78. The predicted octanol–water partition coefficient (Wildman–Crippen LogP) is 3.20. The summed E-state index contributed by atoms with van der Waals surface area (Å²) in [6.07, 6.45) is 3.22. The first-order chi connectivity index (χ1) is 12.9. The van der Waals surface area contributed by atoms with Crippen LogP contribution in [0.25, 0.3) is 0 Å². The Labute approximate surface area is 167 Å². The molecule has 2 aromatic rings.